The Labute approximate surface area is 126 Å². The van der Waals surface area contributed by atoms with Gasteiger partial charge in [0.1, 0.15) is 11.8 Å². The number of nitriles is 1. The van der Waals surface area contributed by atoms with Crippen LogP contribution < -0.4 is 4.74 Å². The lowest BCUT2D eigenvalue weighted by Gasteiger charge is -2.44. The number of piperidine rings is 1. The molecule has 2 aliphatic rings. The van der Waals surface area contributed by atoms with E-state index in [0.29, 0.717) is 11.3 Å². The first kappa shape index (κ1) is 14.4. The van der Waals surface area contributed by atoms with Crippen molar-refractivity contribution in [1.29, 1.82) is 5.26 Å². The van der Waals surface area contributed by atoms with Gasteiger partial charge in [0.2, 0.25) is 0 Å². The Morgan fingerprint density at radius 2 is 2.19 bits per heavy atom. The average Bonchev–Trinajstić information content (AvgIpc) is 2.54. The van der Waals surface area contributed by atoms with Gasteiger partial charge in [-0.25, -0.2) is 0 Å². The lowest BCUT2D eigenvalue weighted by atomic mass is 9.99. The normalized spacial score (nSPS) is 23.3. The van der Waals surface area contributed by atoms with E-state index in [2.05, 4.69) is 15.9 Å². The van der Waals surface area contributed by atoms with E-state index >= 15 is 0 Å². The Bertz CT molecular complexity index is 537. The maximum atomic E-state index is 9.05. The molecular weight excluding hydrogens is 262 g/mol. The van der Waals surface area contributed by atoms with Crippen molar-refractivity contribution in [3.63, 3.8) is 0 Å². The topological polar surface area (TPSA) is 39.5 Å². The summed E-state index contributed by atoms with van der Waals surface area (Å²) in [5, 5.41) is 9.05. The van der Waals surface area contributed by atoms with Gasteiger partial charge in [-0.1, -0.05) is 12.5 Å². The van der Waals surface area contributed by atoms with E-state index in [9.17, 15) is 0 Å². The first-order chi connectivity index (χ1) is 10.3. The molecule has 3 rings (SSSR count). The van der Waals surface area contributed by atoms with Gasteiger partial charge < -0.3 is 4.74 Å². The summed E-state index contributed by atoms with van der Waals surface area (Å²) >= 11 is 0. The van der Waals surface area contributed by atoms with Gasteiger partial charge >= 0.3 is 0 Å². The van der Waals surface area contributed by atoms with Crippen molar-refractivity contribution in [3.05, 3.63) is 29.3 Å². The van der Waals surface area contributed by atoms with E-state index in [1.807, 2.05) is 18.2 Å². The fourth-order valence-corrected chi connectivity index (χ4v) is 3.55. The first-order valence-corrected chi connectivity index (χ1v) is 7.83. The number of nitrogens with zero attached hydrogens (tertiary/aromatic N) is 3. The predicted octanol–water partition coefficient (Wildman–Crippen LogP) is 2.24. The number of rotatable bonds is 3. The second-order valence-corrected chi connectivity index (χ2v) is 6.07. The molecule has 2 saturated heterocycles. The molecule has 4 nitrogen and oxygen atoms in total. The summed E-state index contributed by atoms with van der Waals surface area (Å²) in [6, 6.07) is 8.83. The minimum Gasteiger partial charge on any atom is -0.495 e. The van der Waals surface area contributed by atoms with Gasteiger partial charge in [-0.3, -0.25) is 9.80 Å². The number of benzene rings is 1. The molecule has 1 aromatic rings. The van der Waals surface area contributed by atoms with Crippen LogP contribution in [0.5, 0.6) is 5.75 Å². The quantitative estimate of drug-likeness (QED) is 0.854. The summed E-state index contributed by atoms with van der Waals surface area (Å²) in [4.78, 5) is 5.19. The van der Waals surface area contributed by atoms with E-state index in [1.54, 1.807) is 7.11 Å². The molecule has 0 radical (unpaired) electrons. The molecule has 2 aliphatic heterocycles. The minimum absolute atomic E-state index is 0.610. The van der Waals surface area contributed by atoms with Crippen LogP contribution in [0.1, 0.15) is 30.4 Å². The highest BCUT2D eigenvalue weighted by Crippen LogP contribution is 2.24. The van der Waals surface area contributed by atoms with Crippen molar-refractivity contribution < 1.29 is 4.74 Å². The molecular formula is C17H23N3O. The molecule has 2 fully saturated rings. The van der Waals surface area contributed by atoms with Crippen LogP contribution in [-0.4, -0.2) is 49.1 Å². The summed E-state index contributed by atoms with van der Waals surface area (Å²) < 4.78 is 5.30. The Hall–Kier alpha value is -1.57. The van der Waals surface area contributed by atoms with Gasteiger partial charge in [-0.15, -0.1) is 0 Å². The first-order valence-electron chi connectivity index (χ1n) is 7.83. The molecule has 0 saturated carbocycles. The van der Waals surface area contributed by atoms with Crippen molar-refractivity contribution in [3.8, 4) is 11.8 Å². The fourth-order valence-electron chi connectivity index (χ4n) is 3.55. The van der Waals surface area contributed by atoms with Gasteiger partial charge in [-0.05, 0) is 37.1 Å². The van der Waals surface area contributed by atoms with Crippen molar-refractivity contribution in [2.75, 3.05) is 33.3 Å². The van der Waals surface area contributed by atoms with E-state index in [-0.39, 0.29) is 0 Å². The lowest BCUT2D eigenvalue weighted by Crippen LogP contribution is -2.54. The van der Waals surface area contributed by atoms with Gasteiger partial charge in [0.05, 0.1) is 12.7 Å². The molecule has 0 bridgehead atoms. The van der Waals surface area contributed by atoms with Crippen LogP contribution in [0.2, 0.25) is 0 Å². The van der Waals surface area contributed by atoms with E-state index in [4.69, 9.17) is 10.00 Å². The standard InChI is InChI=1S/C17H23N3O/c1-21-17-10-14(5-6-15(17)11-18)12-19-8-9-20-7-3-2-4-16(20)13-19/h5-6,10,16H,2-4,7-9,12-13H2,1H3. The average molecular weight is 285 g/mol. The van der Waals surface area contributed by atoms with Crippen LogP contribution in [0.4, 0.5) is 0 Å². The molecule has 4 heteroatoms. The molecule has 1 atom stereocenters. The molecule has 2 heterocycles. The van der Waals surface area contributed by atoms with Crippen LogP contribution >= 0.6 is 0 Å². The predicted molar refractivity (Wildman–Crippen MR) is 82.2 cm³/mol. The molecule has 0 amide bonds. The zero-order valence-corrected chi connectivity index (χ0v) is 12.7. The minimum atomic E-state index is 0.610. The van der Waals surface area contributed by atoms with Crippen molar-refractivity contribution >= 4 is 0 Å². The highest BCUT2D eigenvalue weighted by atomic mass is 16.5. The van der Waals surface area contributed by atoms with Crippen LogP contribution in [0.3, 0.4) is 0 Å². The van der Waals surface area contributed by atoms with Gasteiger partial charge in [0, 0.05) is 32.2 Å². The van der Waals surface area contributed by atoms with Gasteiger partial charge in [0.25, 0.3) is 0 Å². The van der Waals surface area contributed by atoms with Crippen LogP contribution in [0.15, 0.2) is 18.2 Å². The highest BCUT2D eigenvalue weighted by Gasteiger charge is 2.28. The zero-order chi connectivity index (χ0) is 14.7. The van der Waals surface area contributed by atoms with Crippen LogP contribution in [-0.2, 0) is 6.54 Å². The summed E-state index contributed by atoms with van der Waals surface area (Å²) in [6.45, 7) is 5.73. The smallest absolute Gasteiger partial charge is 0.136 e. The van der Waals surface area contributed by atoms with Crippen molar-refractivity contribution in [2.45, 2.75) is 31.8 Å². The third-order valence-corrected chi connectivity index (χ3v) is 4.71. The Balaban J connectivity index is 1.65. The maximum absolute atomic E-state index is 9.05. The molecule has 0 aromatic heterocycles. The van der Waals surface area contributed by atoms with Crippen molar-refractivity contribution in [1.82, 2.24) is 9.80 Å². The summed E-state index contributed by atoms with van der Waals surface area (Å²) in [5.74, 6) is 0.686. The molecule has 0 spiro atoms. The zero-order valence-electron chi connectivity index (χ0n) is 12.7. The van der Waals surface area contributed by atoms with E-state index < -0.39 is 0 Å². The molecule has 112 valence electrons. The molecule has 0 aliphatic carbocycles. The molecule has 1 unspecified atom stereocenters. The summed E-state index contributed by atoms with van der Waals surface area (Å²) in [6.07, 6.45) is 4.08. The van der Waals surface area contributed by atoms with E-state index in [1.165, 1.54) is 44.5 Å². The van der Waals surface area contributed by atoms with Crippen LogP contribution in [0, 0.1) is 11.3 Å². The molecule has 1 aromatic carbocycles. The number of methoxy groups -OCH3 is 1. The number of ether oxygens (including phenoxy) is 1. The summed E-state index contributed by atoms with van der Waals surface area (Å²) in [7, 11) is 1.63. The maximum Gasteiger partial charge on any atom is 0.136 e. The Morgan fingerprint density at radius 1 is 1.29 bits per heavy atom. The van der Waals surface area contributed by atoms with Crippen molar-refractivity contribution in [2.24, 2.45) is 0 Å². The number of hydrogen-bond acceptors (Lipinski definition) is 4. The Morgan fingerprint density at radius 3 is 3.00 bits per heavy atom. The van der Waals surface area contributed by atoms with Crippen LogP contribution in [0.25, 0.3) is 0 Å². The van der Waals surface area contributed by atoms with Gasteiger partial charge in [0.15, 0.2) is 0 Å². The second kappa shape index (κ2) is 6.46. The highest BCUT2D eigenvalue weighted by molar-refractivity contribution is 5.45. The van der Waals surface area contributed by atoms with E-state index in [0.717, 1.165) is 19.1 Å². The third-order valence-electron chi connectivity index (χ3n) is 4.71. The second-order valence-electron chi connectivity index (χ2n) is 6.07. The number of piperazine rings is 1. The molecule has 21 heavy (non-hydrogen) atoms. The molecule has 0 N–H and O–H groups in total. The third kappa shape index (κ3) is 3.20. The Kier molecular flexibility index (Phi) is 4.42. The SMILES string of the molecule is COc1cc(CN2CCN3CCCCC3C2)ccc1C#N. The fraction of sp³-hybridized carbons (Fsp3) is 0.588. The number of hydrogen-bond donors (Lipinski definition) is 0. The monoisotopic (exact) mass is 285 g/mol. The summed E-state index contributed by atoms with van der Waals surface area (Å²) in [5.41, 5.74) is 1.84. The number of fused-ring (bicyclic) bond motifs is 1. The largest absolute Gasteiger partial charge is 0.495 e. The van der Waals surface area contributed by atoms with Gasteiger partial charge in [-0.2, -0.15) is 5.26 Å². The lowest BCUT2D eigenvalue weighted by molar-refractivity contribution is 0.0456.